The lowest BCUT2D eigenvalue weighted by atomic mass is 10.3. The molecule has 0 aromatic rings. The number of Topliss-reactive ketones (excluding diaryl/α,β-unsaturated/α-hetero) is 1. The fourth-order valence-corrected chi connectivity index (χ4v) is 0.368. The van der Waals surface area contributed by atoms with Gasteiger partial charge in [-0.2, -0.15) is 13.2 Å². The van der Waals surface area contributed by atoms with Crippen molar-refractivity contribution in [3.63, 3.8) is 0 Å². The van der Waals surface area contributed by atoms with Gasteiger partial charge in [0.2, 0.25) is 5.78 Å². The van der Waals surface area contributed by atoms with E-state index in [4.69, 9.17) is 0 Å². The molecule has 0 aliphatic carbocycles. The van der Waals surface area contributed by atoms with Crippen LogP contribution in [0, 0.1) is 0 Å². The maximum atomic E-state index is 11.4. The van der Waals surface area contributed by atoms with Crippen molar-refractivity contribution in [3.8, 4) is 0 Å². The van der Waals surface area contributed by atoms with Gasteiger partial charge in [-0.3, -0.25) is 4.79 Å². The van der Waals surface area contributed by atoms with Crippen molar-refractivity contribution in [2.45, 2.75) is 12.6 Å². The van der Waals surface area contributed by atoms with E-state index in [1.165, 1.54) is 0 Å². The van der Waals surface area contributed by atoms with Crippen LogP contribution in [0.4, 0.5) is 13.2 Å². The Morgan fingerprint density at radius 3 is 2.09 bits per heavy atom. The summed E-state index contributed by atoms with van der Waals surface area (Å²) >= 11 is 0. The minimum absolute atomic E-state index is 0.844. The van der Waals surface area contributed by atoms with Crippen molar-refractivity contribution in [2.75, 3.05) is 7.11 Å². The molecule has 0 radical (unpaired) electrons. The first-order chi connectivity index (χ1) is 4.87. The van der Waals surface area contributed by atoms with Crippen LogP contribution in [0.2, 0.25) is 0 Å². The fourth-order valence-electron chi connectivity index (χ4n) is 0.368. The molecule has 0 saturated carbocycles. The zero-order valence-electron chi connectivity index (χ0n) is 5.57. The van der Waals surface area contributed by atoms with Gasteiger partial charge in [-0.15, -0.1) is 0 Å². The minimum atomic E-state index is -4.65. The number of carbonyl (C=O) groups excluding carboxylic acids is 2. The monoisotopic (exact) mass is 170 g/mol. The summed E-state index contributed by atoms with van der Waals surface area (Å²) in [5.41, 5.74) is 0. The Morgan fingerprint density at radius 2 is 1.82 bits per heavy atom. The van der Waals surface area contributed by atoms with Gasteiger partial charge in [0.1, 0.15) is 6.42 Å². The highest BCUT2D eigenvalue weighted by Crippen LogP contribution is 2.19. The van der Waals surface area contributed by atoms with Crippen LogP contribution in [-0.2, 0) is 14.3 Å². The van der Waals surface area contributed by atoms with Crippen molar-refractivity contribution in [1.82, 2.24) is 0 Å². The van der Waals surface area contributed by atoms with E-state index in [0.29, 0.717) is 0 Å². The number of esters is 1. The molecule has 0 bridgehead atoms. The van der Waals surface area contributed by atoms with E-state index < -0.39 is 24.3 Å². The van der Waals surface area contributed by atoms with Crippen LogP contribution in [0.25, 0.3) is 0 Å². The second-order valence-corrected chi connectivity index (χ2v) is 1.71. The lowest BCUT2D eigenvalue weighted by Crippen LogP contribution is -2.23. The van der Waals surface area contributed by atoms with Gasteiger partial charge < -0.3 is 4.74 Å². The highest BCUT2D eigenvalue weighted by molar-refractivity contribution is 6.33. The molecule has 0 unspecified atom stereocenters. The van der Waals surface area contributed by atoms with Gasteiger partial charge in [-0.1, -0.05) is 0 Å². The Balaban J connectivity index is 3.99. The average molecular weight is 170 g/mol. The molecule has 0 rings (SSSR count). The number of hydrogen-bond donors (Lipinski definition) is 0. The molecule has 0 amide bonds. The maximum Gasteiger partial charge on any atom is 0.396 e. The summed E-state index contributed by atoms with van der Waals surface area (Å²) in [6.07, 6.45) is -6.41. The van der Waals surface area contributed by atoms with E-state index in [2.05, 4.69) is 4.74 Å². The topological polar surface area (TPSA) is 43.4 Å². The number of halogens is 3. The molecule has 6 heteroatoms. The van der Waals surface area contributed by atoms with Crippen molar-refractivity contribution < 1.29 is 27.5 Å². The highest BCUT2D eigenvalue weighted by Gasteiger charge is 2.34. The van der Waals surface area contributed by atoms with E-state index in [0.717, 1.165) is 7.11 Å². The summed E-state index contributed by atoms with van der Waals surface area (Å²) < 4.78 is 37.9. The van der Waals surface area contributed by atoms with Crippen LogP contribution in [0.1, 0.15) is 6.42 Å². The first-order valence-electron chi connectivity index (χ1n) is 2.54. The second-order valence-electron chi connectivity index (χ2n) is 1.71. The van der Waals surface area contributed by atoms with Gasteiger partial charge in [-0.05, 0) is 0 Å². The van der Waals surface area contributed by atoms with Crippen molar-refractivity contribution in [1.29, 1.82) is 0 Å². The molecule has 0 aliphatic rings. The van der Waals surface area contributed by atoms with Crippen LogP contribution in [0.3, 0.4) is 0 Å². The van der Waals surface area contributed by atoms with Crippen molar-refractivity contribution in [2.24, 2.45) is 0 Å². The number of methoxy groups -OCH3 is 1. The first-order valence-corrected chi connectivity index (χ1v) is 2.54. The van der Waals surface area contributed by atoms with E-state index >= 15 is 0 Å². The molecule has 0 heterocycles. The zero-order chi connectivity index (χ0) is 9.07. The molecule has 64 valence electrons. The third-order valence-electron chi connectivity index (χ3n) is 0.774. The molecule has 0 N–H and O–H groups in total. The molecular weight excluding hydrogens is 165 g/mol. The summed E-state index contributed by atoms with van der Waals surface area (Å²) in [7, 11) is 0.844. The summed E-state index contributed by atoms with van der Waals surface area (Å²) in [6.45, 7) is 0. The smallest absolute Gasteiger partial charge is 0.396 e. The third-order valence-corrected chi connectivity index (χ3v) is 0.774. The van der Waals surface area contributed by atoms with E-state index in [-0.39, 0.29) is 0 Å². The second kappa shape index (κ2) is 3.36. The van der Waals surface area contributed by atoms with Crippen LogP contribution >= 0.6 is 0 Å². The zero-order valence-corrected chi connectivity index (χ0v) is 5.57. The van der Waals surface area contributed by atoms with Crippen molar-refractivity contribution >= 4 is 11.8 Å². The van der Waals surface area contributed by atoms with Crippen molar-refractivity contribution in [3.05, 3.63) is 0 Å². The van der Waals surface area contributed by atoms with Crippen LogP contribution in [-0.4, -0.2) is 25.0 Å². The molecule has 0 fully saturated rings. The first kappa shape index (κ1) is 9.93. The van der Waals surface area contributed by atoms with Gasteiger partial charge in [0, 0.05) is 0 Å². The van der Waals surface area contributed by atoms with Gasteiger partial charge >= 0.3 is 12.1 Å². The van der Waals surface area contributed by atoms with Gasteiger partial charge in [0.15, 0.2) is 0 Å². The lowest BCUT2D eigenvalue weighted by molar-refractivity contribution is -0.166. The number of hydrogen-bond acceptors (Lipinski definition) is 3. The molecule has 0 aliphatic heterocycles. The van der Waals surface area contributed by atoms with Gasteiger partial charge in [-0.25, -0.2) is 4.79 Å². The molecule has 3 nitrogen and oxygen atoms in total. The molecule has 11 heavy (non-hydrogen) atoms. The number of ether oxygens (including phenoxy) is 1. The summed E-state index contributed by atoms with van der Waals surface area (Å²) in [5, 5.41) is 0. The molecular formula is C5H5F3O3. The largest absolute Gasteiger partial charge is 0.463 e. The number of ketones is 1. The Labute approximate surface area is 60.1 Å². The lowest BCUT2D eigenvalue weighted by Gasteiger charge is -2.02. The normalized spacial score (nSPS) is 10.9. The van der Waals surface area contributed by atoms with E-state index in [1.807, 2.05) is 0 Å². The summed E-state index contributed by atoms with van der Waals surface area (Å²) in [5.74, 6) is -3.05. The number of alkyl halides is 3. The van der Waals surface area contributed by atoms with Gasteiger partial charge in [0.05, 0.1) is 7.11 Å². The summed E-state index contributed by atoms with van der Waals surface area (Å²) in [4.78, 5) is 20.3. The quantitative estimate of drug-likeness (QED) is 0.452. The fraction of sp³-hybridized carbons (Fsp3) is 0.600. The number of rotatable bonds is 2. The van der Waals surface area contributed by atoms with Crippen LogP contribution in [0.5, 0.6) is 0 Å². The highest BCUT2D eigenvalue weighted by atomic mass is 19.4. The Hall–Kier alpha value is -1.07. The Bertz CT molecular complexity index is 172. The number of carbonyl (C=O) groups is 2. The standard InChI is InChI=1S/C5H5F3O3/c1-11-4(10)3(9)2-5(6,7)8/h2H2,1H3. The van der Waals surface area contributed by atoms with Gasteiger partial charge in [0.25, 0.3) is 0 Å². The SMILES string of the molecule is COC(=O)C(=O)CC(F)(F)F. The van der Waals surface area contributed by atoms with Crippen LogP contribution in [0.15, 0.2) is 0 Å². The minimum Gasteiger partial charge on any atom is -0.463 e. The average Bonchev–Trinajstić information content (AvgIpc) is 1.82. The molecule has 0 saturated heterocycles. The predicted octanol–water partition coefficient (Wildman–Crippen LogP) is 0.681. The predicted molar refractivity (Wildman–Crippen MR) is 27.7 cm³/mol. The van der Waals surface area contributed by atoms with E-state index in [9.17, 15) is 22.8 Å². The molecule has 0 spiro atoms. The maximum absolute atomic E-state index is 11.4. The molecule has 0 aromatic carbocycles. The van der Waals surface area contributed by atoms with E-state index in [1.54, 1.807) is 0 Å². The summed E-state index contributed by atoms with van der Waals surface area (Å²) in [6, 6.07) is 0. The Kier molecular flexibility index (Phi) is 3.03. The molecule has 0 aromatic heterocycles. The third kappa shape index (κ3) is 4.35. The Morgan fingerprint density at radius 1 is 1.36 bits per heavy atom. The van der Waals surface area contributed by atoms with Crippen LogP contribution < -0.4 is 0 Å². The molecule has 0 atom stereocenters.